The van der Waals surface area contributed by atoms with E-state index in [2.05, 4.69) is 4.90 Å². The first kappa shape index (κ1) is 16.2. The van der Waals surface area contributed by atoms with Crippen LogP contribution in [0.2, 0.25) is 0 Å². The van der Waals surface area contributed by atoms with Crippen molar-refractivity contribution in [3.8, 4) is 0 Å². The second-order valence-electron chi connectivity index (χ2n) is 6.16. The summed E-state index contributed by atoms with van der Waals surface area (Å²) in [5.74, 6) is 0. The number of aliphatic hydroxyl groups excluding tert-OH is 1. The highest BCUT2D eigenvalue weighted by Crippen LogP contribution is 2.14. The molecule has 19 heavy (non-hydrogen) atoms. The first-order chi connectivity index (χ1) is 8.73. The molecule has 2 atom stereocenters. The maximum absolute atomic E-state index is 12.0. The predicted octanol–water partition coefficient (Wildman–Crippen LogP) is 0.247. The molecule has 0 aromatic rings. The van der Waals surface area contributed by atoms with Gasteiger partial charge < -0.3 is 20.5 Å². The average Bonchev–Trinajstić information content (AvgIpc) is 2.26. The van der Waals surface area contributed by atoms with Gasteiger partial charge in [-0.05, 0) is 27.7 Å². The van der Waals surface area contributed by atoms with Crippen LogP contribution in [0.4, 0.5) is 4.79 Å². The zero-order chi connectivity index (χ0) is 14.6. The van der Waals surface area contributed by atoms with Crippen molar-refractivity contribution in [3.05, 3.63) is 0 Å². The van der Waals surface area contributed by atoms with Gasteiger partial charge in [-0.3, -0.25) is 4.90 Å². The zero-order valence-corrected chi connectivity index (χ0v) is 12.4. The van der Waals surface area contributed by atoms with Crippen LogP contribution in [0, 0.1) is 0 Å². The van der Waals surface area contributed by atoms with Crippen LogP contribution in [0.25, 0.3) is 0 Å². The summed E-state index contributed by atoms with van der Waals surface area (Å²) in [7, 11) is 0. The lowest BCUT2D eigenvalue weighted by molar-refractivity contribution is -0.00167. The van der Waals surface area contributed by atoms with E-state index in [0.717, 1.165) is 0 Å². The van der Waals surface area contributed by atoms with Crippen molar-refractivity contribution in [1.82, 2.24) is 9.80 Å². The summed E-state index contributed by atoms with van der Waals surface area (Å²) >= 11 is 0. The Labute approximate surface area is 115 Å². The molecular weight excluding hydrogens is 246 g/mol. The summed E-state index contributed by atoms with van der Waals surface area (Å²) in [6.07, 6.45) is -0.676. The third-order valence-corrected chi connectivity index (χ3v) is 3.03. The van der Waals surface area contributed by atoms with Gasteiger partial charge in [-0.2, -0.15) is 0 Å². The Morgan fingerprint density at radius 3 is 2.58 bits per heavy atom. The van der Waals surface area contributed by atoms with Crippen LogP contribution in [0.1, 0.15) is 27.7 Å². The molecule has 0 aliphatic carbocycles. The Bertz CT molecular complexity index is 302. The molecule has 1 aliphatic heterocycles. The van der Waals surface area contributed by atoms with E-state index in [9.17, 15) is 9.90 Å². The number of piperazine rings is 1. The molecule has 1 rings (SSSR count). The maximum atomic E-state index is 12.0. The van der Waals surface area contributed by atoms with Crippen molar-refractivity contribution < 1.29 is 14.6 Å². The highest BCUT2D eigenvalue weighted by molar-refractivity contribution is 5.68. The van der Waals surface area contributed by atoms with Crippen LogP contribution in [0.5, 0.6) is 0 Å². The fourth-order valence-corrected chi connectivity index (χ4v) is 2.19. The largest absolute Gasteiger partial charge is 0.444 e. The van der Waals surface area contributed by atoms with E-state index < -0.39 is 5.60 Å². The summed E-state index contributed by atoms with van der Waals surface area (Å²) in [6.45, 7) is 10.3. The number of β-amino-alcohol motifs (C(OH)–C–C–N with tert-alkyl or cyclic N) is 1. The van der Waals surface area contributed by atoms with Crippen molar-refractivity contribution in [2.45, 2.75) is 45.4 Å². The molecule has 3 N–H and O–H groups in total. The summed E-state index contributed by atoms with van der Waals surface area (Å²) in [4.78, 5) is 15.8. The Kier molecular flexibility index (Phi) is 5.58. The molecule has 1 fully saturated rings. The number of carbonyl (C=O) groups is 1. The highest BCUT2D eigenvalue weighted by atomic mass is 16.6. The molecule has 0 aromatic heterocycles. The fraction of sp³-hybridized carbons (Fsp3) is 0.923. The Morgan fingerprint density at radius 2 is 2.11 bits per heavy atom. The molecular formula is C13H27N3O3. The summed E-state index contributed by atoms with van der Waals surface area (Å²) in [6, 6.07) is 0.0795. The average molecular weight is 273 g/mol. The topological polar surface area (TPSA) is 79.0 Å². The molecule has 6 heteroatoms. The normalized spacial score (nSPS) is 23.3. The van der Waals surface area contributed by atoms with E-state index in [1.807, 2.05) is 20.8 Å². The molecule has 1 aliphatic rings. The van der Waals surface area contributed by atoms with Crippen LogP contribution in [0.15, 0.2) is 0 Å². The van der Waals surface area contributed by atoms with E-state index in [4.69, 9.17) is 10.5 Å². The van der Waals surface area contributed by atoms with Gasteiger partial charge in [0, 0.05) is 38.8 Å². The minimum Gasteiger partial charge on any atom is -0.444 e. The molecule has 0 radical (unpaired) electrons. The summed E-state index contributed by atoms with van der Waals surface area (Å²) < 4.78 is 5.36. The van der Waals surface area contributed by atoms with Crippen molar-refractivity contribution in [2.75, 3.05) is 32.7 Å². The van der Waals surface area contributed by atoms with Crippen LogP contribution >= 0.6 is 0 Å². The minimum absolute atomic E-state index is 0.0795. The van der Waals surface area contributed by atoms with Gasteiger partial charge in [-0.1, -0.05) is 0 Å². The monoisotopic (exact) mass is 273 g/mol. The molecule has 0 spiro atoms. The highest BCUT2D eigenvalue weighted by Gasteiger charge is 2.31. The summed E-state index contributed by atoms with van der Waals surface area (Å²) in [5, 5.41) is 9.46. The van der Waals surface area contributed by atoms with Gasteiger partial charge in [0.2, 0.25) is 0 Å². The number of hydrogen-bond donors (Lipinski definition) is 2. The third-order valence-electron chi connectivity index (χ3n) is 3.03. The van der Waals surface area contributed by atoms with Crippen molar-refractivity contribution in [3.63, 3.8) is 0 Å². The molecule has 0 saturated carbocycles. The lowest BCUT2D eigenvalue weighted by Crippen LogP contribution is -2.58. The number of rotatable bonds is 3. The Morgan fingerprint density at radius 1 is 1.47 bits per heavy atom. The first-order valence-corrected chi connectivity index (χ1v) is 6.83. The van der Waals surface area contributed by atoms with Gasteiger partial charge >= 0.3 is 6.09 Å². The number of ether oxygens (including phenoxy) is 1. The lowest BCUT2D eigenvalue weighted by atomic mass is 10.1. The molecule has 112 valence electrons. The van der Waals surface area contributed by atoms with E-state index in [0.29, 0.717) is 32.7 Å². The second-order valence-corrected chi connectivity index (χ2v) is 6.16. The maximum Gasteiger partial charge on any atom is 0.410 e. The molecule has 0 aromatic carbocycles. The number of carbonyl (C=O) groups excluding carboxylic acids is 1. The minimum atomic E-state index is -0.480. The molecule has 1 heterocycles. The van der Waals surface area contributed by atoms with Crippen LogP contribution in [-0.4, -0.2) is 71.5 Å². The van der Waals surface area contributed by atoms with Crippen LogP contribution < -0.4 is 5.73 Å². The SMILES string of the molecule is CC(O)CN1CCN(C(=O)OC(C)(C)C)CC1CN. The van der Waals surface area contributed by atoms with Gasteiger partial charge in [0.1, 0.15) is 5.60 Å². The quantitative estimate of drug-likeness (QED) is 0.770. The number of nitrogens with zero attached hydrogens (tertiary/aromatic N) is 2. The molecule has 0 bridgehead atoms. The van der Waals surface area contributed by atoms with E-state index in [-0.39, 0.29) is 18.2 Å². The zero-order valence-electron chi connectivity index (χ0n) is 12.4. The number of amides is 1. The van der Waals surface area contributed by atoms with Crippen molar-refractivity contribution >= 4 is 6.09 Å². The van der Waals surface area contributed by atoms with E-state index in [1.54, 1.807) is 11.8 Å². The van der Waals surface area contributed by atoms with Gasteiger partial charge in [0.25, 0.3) is 0 Å². The van der Waals surface area contributed by atoms with Gasteiger partial charge in [-0.15, -0.1) is 0 Å². The number of aliphatic hydroxyl groups is 1. The molecule has 2 unspecified atom stereocenters. The van der Waals surface area contributed by atoms with Crippen molar-refractivity contribution in [1.29, 1.82) is 0 Å². The first-order valence-electron chi connectivity index (χ1n) is 6.83. The third kappa shape index (κ3) is 5.34. The smallest absolute Gasteiger partial charge is 0.410 e. The van der Waals surface area contributed by atoms with Crippen LogP contribution in [-0.2, 0) is 4.74 Å². The van der Waals surface area contributed by atoms with Crippen LogP contribution in [0.3, 0.4) is 0 Å². The molecule has 1 saturated heterocycles. The second kappa shape index (κ2) is 6.54. The molecule has 6 nitrogen and oxygen atoms in total. The van der Waals surface area contributed by atoms with E-state index >= 15 is 0 Å². The number of nitrogens with two attached hydrogens (primary N) is 1. The number of hydrogen-bond acceptors (Lipinski definition) is 5. The van der Waals surface area contributed by atoms with Gasteiger partial charge in [-0.25, -0.2) is 4.79 Å². The summed E-state index contributed by atoms with van der Waals surface area (Å²) in [5.41, 5.74) is 5.28. The Balaban J connectivity index is 2.56. The standard InChI is InChI=1S/C13H27N3O3/c1-10(17)8-15-5-6-16(9-11(15)7-14)12(18)19-13(2,3)4/h10-11,17H,5-9,14H2,1-4H3. The van der Waals surface area contributed by atoms with Crippen molar-refractivity contribution in [2.24, 2.45) is 5.73 Å². The van der Waals surface area contributed by atoms with Gasteiger partial charge in [0.05, 0.1) is 6.10 Å². The fourth-order valence-electron chi connectivity index (χ4n) is 2.19. The van der Waals surface area contributed by atoms with E-state index in [1.165, 1.54) is 0 Å². The Hall–Kier alpha value is -0.850. The molecule has 1 amide bonds. The predicted molar refractivity (Wildman–Crippen MR) is 73.9 cm³/mol. The van der Waals surface area contributed by atoms with Gasteiger partial charge in [0.15, 0.2) is 0 Å². The lowest BCUT2D eigenvalue weighted by Gasteiger charge is -2.41.